The van der Waals surface area contributed by atoms with Crippen molar-refractivity contribution < 1.29 is 14.3 Å². The van der Waals surface area contributed by atoms with E-state index in [0.29, 0.717) is 35.3 Å². The molecule has 0 aliphatic heterocycles. The summed E-state index contributed by atoms with van der Waals surface area (Å²) in [6, 6.07) is 11.7. The molecule has 1 aromatic heterocycles. The van der Waals surface area contributed by atoms with Crippen LogP contribution in [0.4, 0.5) is 5.69 Å². The van der Waals surface area contributed by atoms with Crippen molar-refractivity contribution in [3.8, 4) is 11.5 Å². The van der Waals surface area contributed by atoms with Crippen LogP contribution in [0.1, 0.15) is 41.4 Å². The summed E-state index contributed by atoms with van der Waals surface area (Å²) < 4.78 is 12.7. The van der Waals surface area contributed by atoms with Crippen molar-refractivity contribution in [1.29, 1.82) is 0 Å². The number of hydrogen-bond donors (Lipinski definition) is 1. The number of amides is 1. The van der Waals surface area contributed by atoms with E-state index in [1.807, 2.05) is 11.5 Å². The van der Waals surface area contributed by atoms with E-state index < -0.39 is 0 Å². The molecule has 1 heterocycles. The number of ether oxygens (including phenoxy) is 2. The molecule has 0 spiro atoms. The average molecular weight is 392 g/mol. The first-order valence-corrected chi connectivity index (χ1v) is 9.68. The monoisotopic (exact) mass is 392 g/mol. The summed E-state index contributed by atoms with van der Waals surface area (Å²) in [7, 11) is 3.16. The number of rotatable bonds is 7. The molecule has 0 saturated carbocycles. The molecule has 0 unspecified atom stereocenters. The van der Waals surface area contributed by atoms with Crippen molar-refractivity contribution in [2.45, 2.75) is 33.2 Å². The maximum Gasteiger partial charge on any atom is 0.272 e. The summed E-state index contributed by atoms with van der Waals surface area (Å²) in [4.78, 5) is 13.3. The van der Waals surface area contributed by atoms with E-state index in [0.717, 1.165) is 16.5 Å². The Balaban J connectivity index is 2.11. The van der Waals surface area contributed by atoms with Crippen LogP contribution < -0.4 is 14.8 Å². The second kappa shape index (κ2) is 8.43. The predicted molar refractivity (Wildman–Crippen MR) is 118 cm³/mol. The molecule has 0 aliphatic carbocycles. The highest BCUT2D eigenvalue weighted by Crippen LogP contribution is 2.32. The summed E-state index contributed by atoms with van der Waals surface area (Å²) in [6.07, 6.45) is 1.80. The average Bonchev–Trinajstić information content (AvgIpc) is 2.99. The summed E-state index contributed by atoms with van der Waals surface area (Å²) >= 11 is 0. The van der Waals surface area contributed by atoms with Gasteiger partial charge in [-0.05, 0) is 48.2 Å². The number of carbonyl (C=O) groups is 1. The lowest BCUT2D eigenvalue weighted by atomic mass is 10.0. The van der Waals surface area contributed by atoms with Crippen molar-refractivity contribution in [2.75, 3.05) is 19.5 Å². The zero-order valence-electron chi connectivity index (χ0n) is 17.7. The minimum Gasteiger partial charge on any atom is -0.497 e. The highest BCUT2D eigenvalue weighted by Gasteiger charge is 2.21. The second-order valence-corrected chi connectivity index (χ2v) is 7.32. The predicted octanol–water partition coefficient (Wildman–Crippen LogP) is 5.53. The Kier molecular flexibility index (Phi) is 5.97. The first kappa shape index (κ1) is 20.5. The van der Waals surface area contributed by atoms with Gasteiger partial charge in [-0.1, -0.05) is 26.0 Å². The van der Waals surface area contributed by atoms with Crippen molar-refractivity contribution >= 4 is 22.5 Å². The summed E-state index contributed by atoms with van der Waals surface area (Å²) in [6.45, 7) is 10.7. The van der Waals surface area contributed by atoms with Crippen LogP contribution in [-0.2, 0) is 6.54 Å². The maximum absolute atomic E-state index is 13.3. The molecular formula is C24H28N2O3. The number of carbonyl (C=O) groups excluding carboxylic acids is 1. The van der Waals surface area contributed by atoms with Crippen molar-refractivity contribution in [1.82, 2.24) is 4.57 Å². The van der Waals surface area contributed by atoms with Crippen LogP contribution in [0.2, 0.25) is 0 Å². The number of fused-ring (bicyclic) bond motifs is 1. The standard InChI is InChI=1S/C24H28N2O3/c1-7-12-26-21-10-8-17(15(2)3)13-19(21)16(4)23(26)24(27)25-20-14-18(28-5)9-11-22(20)29-6/h7-11,13-15H,1,12H2,2-6H3,(H,25,27). The molecule has 3 rings (SSSR count). The smallest absolute Gasteiger partial charge is 0.272 e. The number of hydrogen-bond acceptors (Lipinski definition) is 3. The number of methoxy groups -OCH3 is 2. The van der Waals surface area contributed by atoms with Crippen molar-refractivity contribution in [3.63, 3.8) is 0 Å². The first-order chi connectivity index (χ1) is 13.9. The molecule has 0 fully saturated rings. The van der Waals surface area contributed by atoms with Gasteiger partial charge in [0.2, 0.25) is 0 Å². The third-order valence-corrected chi connectivity index (χ3v) is 5.19. The minimum atomic E-state index is -0.196. The number of allylic oxidation sites excluding steroid dienone is 1. The molecule has 0 saturated heterocycles. The van der Waals surface area contributed by atoms with Gasteiger partial charge in [-0.25, -0.2) is 0 Å². The Morgan fingerprint density at radius 2 is 1.93 bits per heavy atom. The molecule has 1 amide bonds. The molecule has 1 N–H and O–H groups in total. The van der Waals surface area contributed by atoms with Crippen LogP contribution in [0.3, 0.4) is 0 Å². The van der Waals surface area contributed by atoms with Gasteiger partial charge in [-0.2, -0.15) is 0 Å². The van der Waals surface area contributed by atoms with Gasteiger partial charge in [0.1, 0.15) is 17.2 Å². The van der Waals surface area contributed by atoms with E-state index in [9.17, 15) is 4.79 Å². The lowest BCUT2D eigenvalue weighted by molar-refractivity contribution is 0.101. The van der Waals surface area contributed by atoms with Crippen LogP contribution in [0.15, 0.2) is 49.1 Å². The maximum atomic E-state index is 13.3. The second-order valence-electron chi connectivity index (χ2n) is 7.32. The lowest BCUT2D eigenvalue weighted by Crippen LogP contribution is -2.18. The Bertz CT molecular complexity index is 1060. The number of anilines is 1. The fourth-order valence-corrected chi connectivity index (χ4v) is 3.60. The van der Waals surface area contributed by atoms with Gasteiger partial charge >= 0.3 is 0 Å². The summed E-state index contributed by atoms with van der Waals surface area (Å²) in [5.74, 6) is 1.44. The van der Waals surface area contributed by atoms with Crippen molar-refractivity contribution in [3.05, 3.63) is 65.9 Å². The van der Waals surface area contributed by atoms with E-state index in [-0.39, 0.29) is 5.91 Å². The quantitative estimate of drug-likeness (QED) is 0.538. The Labute approximate surface area is 171 Å². The number of nitrogens with one attached hydrogen (secondary N) is 1. The Morgan fingerprint density at radius 3 is 2.55 bits per heavy atom. The van der Waals surface area contributed by atoms with E-state index in [1.165, 1.54) is 5.56 Å². The number of aryl methyl sites for hydroxylation is 1. The lowest BCUT2D eigenvalue weighted by Gasteiger charge is -2.13. The Morgan fingerprint density at radius 1 is 1.17 bits per heavy atom. The molecule has 5 heteroatoms. The van der Waals surface area contributed by atoms with Gasteiger partial charge in [0.15, 0.2) is 0 Å². The SMILES string of the molecule is C=CCn1c(C(=O)Nc2cc(OC)ccc2OC)c(C)c2cc(C(C)C)ccc21. The highest BCUT2D eigenvalue weighted by molar-refractivity contribution is 6.09. The third kappa shape index (κ3) is 3.86. The minimum absolute atomic E-state index is 0.196. The van der Waals surface area contributed by atoms with E-state index in [1.54, 1.807) is 38.5 Å². The van der Waals surface area contributed by atoms with Gasteiger partial charge in [0, 0.05) is 23.5 Å². The Hall–Kier alpha value is -3.21. The number of aromatic nitrogens is 1. The summed E-state index contributed by atoms with van der Waals surface area (Å²) in [5.41, 5.74) is 4.40. The molecule has 152 valence electrons. The third-order valence-electron chi connectivity index (χ3n) is 5.19. The van der Waals surface area contributed by atoms with E-state index in [2.05, 4.69) is 43.9 Å². The molecule has 3 aromatic rings. The zero-order chi connectivity index (χ0) is 21.1. The fourth-order valence-electron chi connectivity index (χ4n) is 3.60. The molecule has 0 bridgehead atoms. The van der Waals surface area contributed by atoms with Gasteiger partial charge in [0.05, 0.1) is 19.9 Å². The van der Waals surface area contributed by atoms with Crippen LogP contribution >= 0.6 is 0 Å². The molecule has 0 atom stereocenters. The molecule has 5 nitrogen and oxygen atoms in total. The number of nitrogens with zero attached hydrogens (tertiary/aromatic N) is 1. The topological polar surface area (TPSA) is 52.5 Å². The molecule has 29 heavy (non-hydrogen) atoms. The molecule has 2 aromatic carbocycles. The highest BCUT2D eigenvalue weighted by atomic mass is 16.5. The van der Waals surface area contributed by atoms with Gasteiger partial charge in [-0.3, -0.25) is 4.79 Å². The molecular weight excluding hydrogens is 364 g/mol. The van der Waals surface area contributed by atoms with Crippen LogP contribution in [0.5, 0.6) is 11.5 Å². The number of benzene rings is 2. The largest absolute Gasteiger partial charge is 0.497 e. The van der Waals surface area contributed by atoms with Gasteiger partial charge < -0.3 is 19.4 Å². The van der Waals surface area contributed by atoms with Gasteiger partial charge in [0.25, 0.3) is 5.91 Å². The van der Waals surface area contributed by atoms with Crippen molar-refractivity contribution in [2.24, 2.45) is 0 Å². The summed E-state index contributed by atoms with van der Waals surface area (Å²) in [5, 5.41) is 4.08. The van der Waals surface area contributed by atoms with Gasteiger partial charge in [-0.15, -0.1) is 6.58 Å². The van der Waals surface area contributed by atoms with E-state index >= 15 is 0 Å². The normalized spacial score (nSPS) is 11.0. The van der Waals surface area contributed by atoms with Crippen LogP contribution in [0.25, 0.3) is 10.9 Å². The zero-order valence-corrected chi connectivity index (χ0v) is 17.7. The molecule has 0 radical (unpaired) electrons. The van der Waals surface area contributed by atoms with Crippen LogP contribution in [0, 0.1) is 6.92 Å². The van der Waals surface area contributed by atoms with Crippen LogP contribution in [-0.4, -0.2) is 24.7 Å². The first-order valence-electron chi connectivity index (χ1n) is 9.68. The fraction of sp³-hybridized carbons (Fsp3) is 0.292. The molecule has 0 aliphatic rings. The van der Waals surface area contributed by atoms with E-state index in [4.69, 9.17) is 9.47 Å².